The Morgan fingerprint density at radius 3 is 2.57 bits per heavy atom. The second-order valence-corrected chi connectivity index (χ2v) is 6.04. The van der Waals surface area contributed by atoms with Gasteiger partial charge in [-0.1, -0.05) is 13.8 Å². The lowest BCUT2D eigenvalue weighted by Gasteiger charge is -2.24. The molecule has 7 nitrogen and oxygen atoms in total. The molecule has 23 heavy (non-hydrogen) atoms. The molecule has 0 N–H and O–H groups in total. The fraction of sp³-hybridized carbons (Fsp3) is 0.688. The Bertz CT molecular complexity index is 796. The van der Waals surface area contributed by atoms with Crippen molar-refractivity contribution in [3.05, 3.63) is 27.2 Å². The van der Waals surface area contributed by atoms with E-state index in [2.05, 4.69) is 4.98 Å². The predicted molar refractivity (Wildman–Crippen MR) is 87.7 cm³/mol. The molecule has 0 spiro atoms. The zero-order chi connectivity index (χ0) is 16.4. The van der Waals surface area contributed by atoms with E-state index < -0.39 is 0 Å². The largest absolute Gasteiger partial charge is 0.358 e. The Labute approximate surface area is 134 Å². The molecule has 0 radical (unpaired) electrons. The van der Waals surface area contributed by atoms with Gasteiger partial charge in [0.15, 0.2) is 11.2 Å². The van der Waals surface area contributed by atoms with Gasteiger partial charge in [-0.15, -0.1) is 0 Å². The van der Waals surface area contributed by atoms with Crippen LogP contribution in [0.25, 0.3) is 11.2 Å². The number of ether oxygens (including phenoxy) is 1. The van der Waals surface area contributed by atoms with Gasteiger partial charge < -0.3 is 4.74 Å². The summed E-state index contributed by atoms with van der Waals surface area (Å²) in [7, 11) is 0. The number of hydrogen-bond donors (Lipinski definition) is 0. The van der Waals surface area contributed by atoms with Gasteiger partial charge in [0.25, 0.3) is 5.56 Å². The minimum Gasteiger partial charge on any atom is -0.358 e. The molecule has 0 amide bonds. The molecule has 0 saturated carbocycles. The van der Waals surface area contributed by atoms with Crippen molar-refractivity contribution in [1.29, 1.82) is 0 Å². The Morgan fingerprint density at radius 2 is 1.91 bits per heavy atom. The van der Waals surface area contributed by atoms with Crippen LogP contribution < -0.4 is 11.2 Å². The number of nitrogens with zero attached hydrogens (tertiary/aromatic N) is 4. The maximum atomic E-state index is 12.9. The first kappa shape index (κ1) is 16.0. The van der Waals surface area contributed by atoms with E-state index in [1.807, 2.05) is 18.4 Å². The van der Waals surface area contributed by atoms with Crippen LogP contribution in [-0.4, -0.2) is 25.3 Å². The van der Waals surface area contributed by atoms with Crippen LogP contribution in [0.15, 0.2) is 15.9 Å². The molecule has 1 fully saturated rings. The molecule has 0 bridgehead atoms. The van der Waals surface area contributed by atoms with Crippen molar-refractivity contribution in [3.8, 4) is 0 Å². The first-order valence-electron chi connectivity index (χ1n) is 8.50. The smallest absolute Gasteiger partial charge is 0.332 e. The third-order valence-corrected chi connectivity index (χ3v) is 4.30. The summed E-state index contributed by atoms with van der Waals surface area (Å²) in [6, 6.07) is 0. The highest BCUT2D eigenvalue weighted by Gasteiger charge is 2.23. The first-order valence-corrected chi connectivity index (χ1v) is 8.50. The molecule has 2 aromatic heterocycles. The fourth-order valence-electron chi connectivity index (χ4n) is 3.21. The maximum Gasteiger partial charge on any atom is 0.332 e. The molecule has 1 unspecified atom stereocenters. The quantitative estimate of drug-likeness (QED) is 0.843. The Hall–Kier alpha value is -1.89. The average molecular weight is 320 g/mol. The minimum absolute atomic E-state index is 0.163. The van der Waals surface area contributed by atoms with Crippen molar-refractivity contribution in [2.24, 2.45) is 0 Å². The molecule has 2 aromatic rings. The van der Waals surface area contributed by atoms with E-state index in [1.165, 1.54) is 4.57 Å². The molecule has 1 aliphatic heterocycles. The van der Waals surface area contributed by atoms with Gasteiger partial charge in [0.05, 0.1) is 6.33 Å². The number of rotatable bonds is 5. The van der Waals surface area contributed by atoms with Crippen LogP contribution in [0.5, 0.6) is 0 Å². The standard InChI is InChI=1S/C16H24N4O3/c1-3-8-18-14-13(15(21)19(9-4-2)16(18)22)20(11-17-14)12-7-5-6-10-23-12/h11-12H,3-10H2,1-2H3. The van der Waals surface area contributed by atoms with Gasteiger partial charge in [0, 0.05) is 19.7 Å². The molecule has 126 valence electrons. The molecule has 0 aliphatic carbocycles. The highest BCUT2D eigenvalue weighted by Crippen LogP contribution is 2.24. The number of aryl methyl sites for hydroxylation is 1. The molecular weight excluding hydrogens is 296 g/mol. The van der Waals surface area contributed by atoms with Gasteiger partial charge in [-0.25, -0.2) is 9.78 Å². The molecule has 1 aliphatic rings. The van der Waals surface area contributed by atoms with Crippen LogP contribution >= 0.6 is 0 Å². The second-order valence-electron chi connectivity index (χ2n) is 6.04. The van der Waals surface area contributed by atoms with Crippen LogP contribution in [0.3, 0.4) is 0 Å². The van der Waals surface area contributed by atoms with Crippen molar-refractivity contribution in [2.75, 3.05) is 6.61 Å². The van der Waals surface area contributed by atoms with E-state index in [0.29, 0.717) is 30.9 Å². The number of aromatic nitrogens is 4. The van der Waals surface area contributed by atoms with Crippen LogP contribution in [0.1, 0.15) is 52.2 Å². The summed E-state index contributed by atoms with van der Waals surface area (Å²) in [5.74, 6) is 0. The Balaban J connectivity index is 2.25. The van der Waals surface area contributed by atoms with Crippen molar-refractivity contribution in [1.82, 2.24) is 18.7 Å². The van der Waals surface area contributed by atoms with E-state index in [9.17, 15) is 9.59 Å². The van der Waals surface area contributed by atoms with Crippen molar-refractivity contribution >= 4 is 11.2 Å². The first-order chi connectivity index (χ1) is 11.2. The number of hydrogen-bond acceptors (Lipinski definition) is 4. The minimum atomic E-state index is -0.263. The highest BCUT2D eigenvalue weighted by atomic mass is 16.5. The van der Waals surface area contributed by atoms with Crippen molar-refractivity contribution < 1.29 is 4.74 Å². The summed E-state index contributed by atoms with van der Waals surface area (Å²) < 4.78 is 10.6. The molecule has 3 rings (SSSR count). The monoisotopic (exact) mass is 320 g/mol. The summed E-state index contributed by atoms with van der Waals surface area (Å²) in [4.78, 5) is 29.8. The summed E-state index contributed by atoms with van der Waals surface area (Å²) in [5.41, 5.74) is 0.439. The van der Waals surface area contributed by atoms with Crippen LogP contribution in [0, 0.1) is 0 Å². The molecule has 7 heteroatoms. The molecule has 3 heterocycles. The fourth-order valence-corrected chi connectivity index (χ4v) is 3.21. The average Bonchev–Trinajstić information content (AvgIpc) is 3.01. The van der Waals surface area contributed by atoms with Crippen LogP contribution in [0.4, 0.5) is 0 Å². The summed E-state index contributed by atoms with van der Waals surface area (Å²) >= 11 is 0. The lowest BCUT2D eigenvalue weighted by molar-refractivity contribution is -0.0296. The Morgan fingerprint density at radius 1 is 1.17 bits per heavy atom. The van der Waals surface area contributed by atoms with E-state index >= 15 is 0 Å². The zero-order valence-corrected chi connectivity index (χ0v) is 13.8. The SMILES string of the molecule is CCCn1c(=O)c2c(ncn2C2CCCCO2)n(CCC)c1=O. The van der Waals surface area contributed by atoms with Gasteiger partial charge in [0.1, 0.15) is 6.23 Å². The zero-order valence-electron chi connectivity index (χ0n) is 13.8. The number of imidazole rings is 1. The van der Waals surface area contributed by atoms with Crippen molar-refractivity contribution in [2.45, 2.75) is 65.3 Å². The van der Waals surface area contributed by atoms with E-state index in [1.54, 1.807) is 10.9 Å². The van der Waals surface area contributed by atoms with Crippen molar-refractivity contribution in [3.63, 3.8) is 0 Å². The summed E-state index contributed by atoms with van der Waals surface area (Å²) in [5, 5.41) is 0. The van der Waals surface area contributed by atoms with Crippen LogP contribution in [0.2, 0.25) is 0 Å². The number of fused-ring (bicyclic) bond motifs is 1. The topological polar surface area (TPSA) is 71.0 Å². The molecule has 1 atom stereocenters. The lowest BCUT2D eigenvalue weighted by Crippen LogP contribution is -2.41. The van der Waals surface area contributed by atoms with E-state index in [-0.39, 0.29) is 17.5 Å². The van der Waals surface area contributed by atoms with Gasteiger partial charge >= 0.3 is 5.69 Å². The molecule has 1 saturated heterocycles. The third-order valence-electron chi connectivity index (χ3n) is 4.30. The second kappa shape index (κ2) is 6.70. The summed E-state index contributed by atoms with van der Waals surface area (Å²) in [6.07, 6.45) is 6.01. The normalized spacial score (nSPS) is 18.6. The molecule has 0 aromatic carbocycles. The van der Waals surface area contributed by atoms with Gasteiger partial charge in [-0.3, -0.25) is 18.5 Å². The van der Waals surface area contributed by atoms with E-state index in [0.717, 1.165) is 32.1 Å². The van der Waals surface area contributed by atoms with E-state index in [4.69, 9.17) is 4.74 Å². The van der Waals surface area contributed by atoms with Gasteiger partial charge in [-0.2, -0.15) is 0 Å². The summed E-state index contributed by atoms with van der Waals surface area (Å²) in [6.45, 7) is 5.65. The van der Waals surface area contributed by atoms with Gasteiger partial charge in [-0.05, 0) is 32.1 Å². The lowest BCUT2D eigenvalue weighted by atomic mass is 10.2. The predicted octanol–water partition coefficient (Wildman–Crippen LogP) is 1.88. The Kier molecular flexibility index (Phi) is 4.66. The third kappa shape index (κ3) is 2.73. The van der Waals surface area contributed by atoms with Crippen LogP contribution in [-0.2, 0) is 17.8 Å². The molecular formula is C16H24N4O3. The maximum absolute atomic E-state index is 12.9. The highest BCUT2D eigenvalue weighted by molar-refractivity contribution is 5.70. The van der Waals surface area contributed by atoms with Gasteiger partial charge in [0.2, 0.25) is 0 Å².